The van der Waals surface area contributed by atoms with Crippen LogP contribution >= 0.6 is 46.4 Å². The van der Waals surface area contributed by atoms with Crippen molar-refractivity contribution in [2.24, 2.45) is 0 Å². The number of aliphatic hydroxyl groups excluding tert-OH is 2. The van der Waals surface area contributed by atoms with Crippen LogP contribution in [0.1, 0.15) is 51.6 Å². The molecule has 51 heavy (non-hydrogen) atoms. The zero-order valence-electron chi connectivity index (χ0n) is 28.8. The zero-order chi connectivity index (χ0) is 36.2. The maximum atomic E-state index is 10.8. The first-order valence-corrected chi connectivity index (χ1v) is 19.2. The first-order valence-electron chi connectivity index (χ1n) is 17.6. The van der Waals surface area contributed by atoms with E-state index in [0.717, 1.165) is 102 Å². The lowest BCUT2D eigenvalue weighted by Gasteiger charge is -2.37. The summed E-state index contributed by atoms with van der Waals surface area (Å²) in [7, 11) is 0. The summed E-state index contributed by atoms with van der Waals surface area (Å²) in [5.74, 6) is 0. The minimum absolute atomic E-state index is 0.0103. The van der Waals surface area contributed by atoms with Gasteiger partial charge in [0.15, 0.2) is 0 Å². The quantitative estimate of drug-likeness (QED) is 0.152. The van der Waals surface area contributed by atoms with Crippen LogP contribution in [-0.2, 0) is 4.79 Å². The molecule has 2 aliphatic rings. The number of aliphatic hydroxyl groups is 2. The predicted molar refractivity (Wildman–Crippen MR) is 214 cm³/mol. The van der Waals surface area contributed by atoms with Gasteiger partial charge in [-0.2, -0.15) is 0 Å². The summed E-state index contributed by atoms with van der Waals surface area (Å²) in [5, 5.41) is 31.7. The molecule has 4 heterocycles. The third kappa shape index (κ3) is 8.07. The SMILES string of the molecule is CCC=O.CCCN1CC[C@@H](O)[C@H](n2c3ccc(Cl)cc3c3cc(Cl)ccc32)C1.O[C@@H]1CCNC[C@H]1n1c2ccc(Cl)cc2c2cc(Cl)ccc21. The van der Waals surface area contributed by atoms with Gasteiger partial charge in [0.05, 0.1) is 24.3 Å². The van der Waals surface area contributed by atoms with Gasteiger partial charge in [0, 0.05) is 89.8 Å². The number of fused-ring (bicyclic) bond motifs is 6. The lowest BCUT2D eigenvalue weighted by atomic mass is 10.0. The number of carbonyl (C=O) groups is 1. The van der Waals surface area contributed by atoms with Gasteiger partial charge in [-0.25, -0.2) is 0 Å². The van der Waals surface area contributed by atoms with Gasteiger partial charge >= 0.3 is 0 Å². The Balaban J connectivity index is 0.000000160. The highest BCUT2D eigenvalue weighted by atomic mass is 35.5. The number of benzene rings is 4. The Bertz CT molecular complexity index is 2030. The predicted octanol–water partition coefficient (Wildman–Crippen LogP) is 9.71. The molecule has 3 N–H and O–H groups in total. The Kier molecular flexibility index (Phi) is 12.5. The third-order valence-corrected chi connectivity index (χ3v) is 10.8. The van der Waals surface area contributed by atoms with E-state index in [2.05, 4.69) is 38.4 Å². The van der Waals surface area contributed by atoms with E-state index in [9.17, 15) is 15.0 Å². The van der Waals surface area contributed by atoms with E-state index in [4.69, 9.17) is 46.4 Å². The number of hydrogen-bond donors (Lipinski definition) is 3. The van der Waals surface area contributed by atoms with E-state index >= 15 is 0 Å². The van der Waals surface area contributed by atoms with Crippen LogP contribution in [0.15, 0.2) is 72.8 Å². The summed E-state index contributed by atoms with van der Waals surface area (Å²) in [6.07, 6.45) is 3.49. The highest BCUT2D eigenvalue weighted by Gasteiger charge is 2.31. The molecular weight excluding hydrogens is 726 g/mol. The highest BCUT2D eigenvalue weighted by molar-refractivity contribution is 6.34. The number of carbonyl (C=O) groups excluding carboxylic acids is 1. The van der Waals surface area contributed by atoms with E-state index < -0.39 is 0 Å². The summed E-state index contributed by atoms with van der Waals surface area (Å²) in [6, 6.07) is 23.7. The van der Waals surface area contributed by atoms with Crippen LogP contribution in [0.3, 0.4) is 0 Å². The number of nitrogens with zero attached hydrogens (tertiary/aromatic N) is 3. The van der Waals surface area contributed by atoms with Gasteiger partial charge in [-0.15, -0.1) is 0 Å². The molecule has 7 nitrogen and oxygen atoms in total. The molecular formula is C40H44Cl4N4O3. The van der Waals surface area contributed by atoms with E-state index in [1.165, 1.54) is 0 Å². The van der Waals surface area contributed by atoms with Crippen molar-refractivity contribution in [1.29, 1.82) is 0 Å². The van der Waals surface area contributed by atoms with Gasteiger partial charge < -0.3 is 34.4 Å². The molecule has 0 radical (unpaired) electrons. The van der Waals surface area contributed by atoms with E-state index in [-0.39, 0.29) is 24.3 Å². The van der Waals surface area contributed by atoms with Crippen molar-refractivity contribution >= 4 is 96.3 Å². The number of aldehydes is 1. The monoisotopic (exact) mass is 768 g/mol. The van der Waals surface area contributed by atoms with Crippen molar-refractivity contribution in [3.8, 4) is 0 Å². The number of aromatic nitrogens is 2. The van der Waals surface area contributed by atoms with E-state index in [0.29, 0.717) is 26.5 Å². The average molecular weight is 771 g/mol. The topological polar surface area (TPSA) is 82.7 Å². The Morgan fingerprint density at radius 2 is 1.10 bits per heavy atom. The molecule has 0 spiro atoms. The lowest BCUT2D eigenvalue weighted by molar-refractivity contribution is -0.107. The lowest BCUT2D eigenvalue weighted by Crippen LogP contribution is -2.44. The van der Waals surface area contributed by atoms with Crippen LogP contribution in [-0.4, -0.2) is 75.5 Å². The Morgan fingerprint density at radius 1 is 0.686 bits per heavy atom. The molecule has 0 aliphatic carbocycles. The standard InChI is InChI=1S/C20H22Cl2N2O.C17H16Cl2N2O.C3H6O/c1-2-8-23-9-7-20(25)19(12-23)24-17-5-3-13(21)10-15(17)16-11-14(22)4-6-18(16)24;18-10-1-3-14-12(7-10)13-8-11(19)2-4-15(13)21(14)16-9-20-6-5-17(16)22;1-2-3-4/h3-6,10-11,19-20,25H,2,7-9,12H2,1H3;1-4,7-8,16-17,20,22H,5-6,9H2;3H,2H2,1H3/t19-,20-;16-,17-;/m11./s1. The summed E-state index contributed by atoms with van der Waals surface area (Å²) < 4.78 is 4.50. The Morgan fingerprint density at radius 3 is 1.49 bits per heavy atom. The maximum absolute atomic E-state index is 10.8. The molecule has 2 fully saturated rings. The molecule has 0 unspecified atom stereocenters. The van der Waals surface area contributed by atoms with Gasteiger partial charge in [0.25, 0.3) is 0 Å². The molecule has 4 aromatic carbocycles. The van der Waals surface area contributed by atoms with Crippen molar-refractivity contribution in [3.05, 3.63) is 92.9 Å². The largest absolute Gasteiger partial charge is 0.391 e. The summed E-state index contributed by atoms with van der Waals surface area (Å²) in [5.41, 5.74) is 4.36. The van der Waals surface area contributed by atoms with Crippen molar-refractivity contribution in [2.45, 2.75) is 63.8 Å². The summed E-state index contributed by atoms with van der Waals surface area (Å²) in [6.45, 7) is 8.51. The van der Waals surface area contributed by atoms with Crippen LogP contribution in [0.4, 0.5) is 0 Å². The van der Waals surface area contributed by atoms with Gasteiger partial charge in [0.1, 0.15) is 6.29 Å². The van der Waals surface area contributed by atoms with Crippen molar-refractivity contribution in [1.82, 2.24) is 19.4 Å². The molecule has 0 amide bonds. The van der Waals surface area contributed by atoms with E-state index in [1.54, 1.807) is 0 Å². The third-order valence-electron chi connectivity index (χ3n) is 9.87. The number of piperidine rings is 2. The van der Waals surface area contributed by atoms with Gasteiger partial charge in [0.2, 0.25) is 0 Å². The van der Waals surface area contributed by atoms with Crippen LogP contribution < -0.4 is 5.32 Å². The molecule has 2 saturated heterocycles. The molecule has 8 rings (SSSR count). The molecule has 11 heteroatoms. The normalized spacial score (nSPS) is 21.0. The number of nitrogens with one attached hydrogen (secondary N) is 1. The minimum Gasteiger partial charge on any atom is -0.391 e. The number of hydrogen-bond acceptors (Lipinski definition) is 5. The number of likely N-dealkylation sites (tertiary alicyclic amines) is 1. The molecule has 2 aromatic heterocycles. The second-order valence-electron chi connectivity index (χ2n) is 13.3. The van der Waals surface area contributed by atoms with Gasteiger partial charge in [-0.1, -0.05) is 60.3 Å². The first kappa shape index (κ1) is 37.9. The molecule has 4 atom stereocenters. The van der Waals surface area contributed by atoms with Crippen LogP contribution in [0, 0.1) is 0 Å². The van der Waals surface area contributed by atoms with E-state index in [1.807, 2.05) is 67.6 Å². The Hall–Kier alpha value is -2.85. The highest BCUT2D eigenvalue weighted by Crippen LogP contribution is 2.38. The second kappa shape index (κ2) is 16.9. The smallest absolute Gasteiger partial charge is 0.119 e. The van der Waals surface area contributed by atoms with Crippen molar-refractivity contribution < 1.29 is 15.0 Å². The van der Waals surface area contributed by atoms with Gasteiger partial charge in [-0.3, -0.25) is 0 Å². The molecule has 0 bridgehead atoms. The summed E-state index contributed by atoms with van der Waals surface area (Å²) >= 11 is 24.9. The fraction of sp³-hybridized carbons (Fsp3) is 0.375. The fourth-order valence-electron chi connectivity index (χ4n) is 7.56. The fourth-order valence-corrected chi connectivity index (χ4v) is 8.25. The van der Waals surface area contributed by atoms with Crippen molar-refractivity contribution in [2.75, 3.05) is 32.7 Å². The van der Waals surface area contributed by atoms with Crippen LogP contribution in [0.2, 0.25) is 20.1 Å². The molecule has 270 valence electrons. The molecule has 6 aromatic rings. The number of rotatable bonds is 5. The minimum atomic E-state index is -0.355. The van der Waals surface area contributed by atoms with Crippen LogP contribution in [0.5, 0.6) is 0 Å². The Labute approximate surface area is 318 Å². The molecule has 2 aliphatic heterocycles. The van der Waals surface area contributed by atoms with Gasteiger partial charge in [-0.05, 0) is 105 Å². The second-order valence-corrected chi connectivity index (χ2v) is 15.1. The van der Waals surface area contributed by atoms with Crippen molar-refractivity contribution in [3.63, 3.8) is 0 Å². The summed E-state index contributed by atoms with van der Waals surface area (Å²) in [4.78, 5) is 11.6. The first-order chi connectivity index (χ1) is 24.6. The maximum Gasteiger partial charge on any atom is 0.119 e. The zero-order valence-corrected chi connectivity index (χ0v) is 31.9. The average Bonchev–Trinajstić information content (AvgIpc) is 3.60. The number of halogens is 4. The van der Waals surface area contributed by atoms with Crippen LogP contribution in [0.25, 0.3) is 43.6 Å². The molecule has 0 saturated carbocycles.